The molecule has 0 heterocycles. The van der Waals surface area contributed by atoms with Gasteiger partial charge < -0.3 is 4.74 Å². The van der Waals surface area contributed by atoms with Crippen molar-refractivity contribution in [2.75, 3.05) is 13.2 Å². The largest absolute Gasteiger partial charge is 0.449 e. The van der Waals surface area contributed by atoms with Crippen LogP contribution in [0, 0.1) is 0 Å². The van der Waals surface area contributed by atoms with Crippen molar-refractivity contribution in [1.82, 2.24) is 4.90 Å². The molecule has 0 aliphatic rings. The average Bonchev–Trinajstić information content (AvgIpc) is 2.11. The topological polar surface area (TPSA) is 46.6 Å². The zero-order valence-corrected chi connectivity index (χ0v) is 11.1. The molecule has 0 atom stereocenters. The number of hydrogen-bond acceptors (Lipinski definition) is 3. The predicted molar refractivity (Wildman–Crippen MR) is 62.6 cm³/mol. The molecular formula is C10H21NO3Si. The van der Waals surface area contributed by atoms with E-state index in [1.165, 1.54) is 0 Å². The molecule has 0 unspecified atom stereocenters. The Morgan fingerprint density at radius 1 is 1.40 bits per heavy atom. The van der Waals surface area contributed by atoms with E-state index in [4.69, 9.17) is 4.74 Å². The van der Waals surface area contributed by atoms with E-state index in [0.29, 0.717) is 19.6 Å². The molecular weight excluding hydrogens is 210 g/mol. The van der Waals surface area contributed by atoms with E-state index in [2.05, 4.69) is 19.6 Å². The van der Waals surface area contributed by atoms with Gasteiger partial charge in [-0.3, -0.25) is 9.69 Å². The molecule has 88 valence electrons. The van der Waals surface area contributed by atoms with E-state index in [1.54, 1.807) is 0 Å². The fourth-order valence-electron chi connectivity index (χ4n) is 0.955. The Morgan fingerprint density at radius 2 is 2.00 bits per heavy atom. The summed E-state index contributed by atoms with van der Waals surface area (Å²) in [5, 5.41) is 0. The first-order valence-corrected chi connectivity index (χ1v) is 9.00. The molecule has 0 N–H and O–H groups in total. The number of carbonyl (C=O) groups is 2. The summed E-state index contributed by atoms with van der Waals surface area (Å²) in [7, 11) is -1.17. The molecule has 0 aromatic rings. The van der Waals surface area contributed by atoms with Crippen molar-refractivity contribution in [1.29, 1.82) is 0 Å². The van der Waals surface area contributed by atoms with Gasteiger partial charge in [-0.05, 0) is 12.5 Å². The van der Waals surface area contributed by atoms with Crippen molar-refractivity contribution in [3.05, 3.63) is 0 Å². The van der Waals surface area contributed by atoms with Gasteiger partial charge in [-0.15, -0.1) is 0 Å². The summed E-state index contributed by atoms with van der Waals surface area (Å²) >= 11 is 0. The fourth-order valence-corrected chi connectivity index (χ4v) is 1.67. The second kappa shape index (κ2) is 6.61. The van der Waals surface area contributed by atoms with Crippen LogP contribution < -0.4 is 0 Å². The lowest BCUT2D eigenvalue weighted by atomic mass is 10.4. The zero-order chi connectivity index (χ0) is 11.9. The lowest BCUT2D eigenvalue weighted by Gasteiger charge is -2.18. The van der Waals surface area contributed by atoms with Crippen LogP contribution in [-0.2, 0) is 9.53 Å². The van der Waals surface area contributed by atoms with Crippen LogP contribution in [-0.4, -0.2) is 38.6 Å². The first-order valence-electron chi connectivity index (χ1n) is 5.29. The van der Waals surface area contributed by atoms with E-state index < -0.39 is 14.2 Å². The summed E-state index contributed by atoms with van der Waals surface area (Å²) in [6.45, 7) is 9.39. The first-order chi connectivity index (χ1) is 6.90. The van der Waals surface area contributed by atoms with E-state index in [1.807, 2.05) is 6.92 Å². The van der Waals surface area contributed by atoms with Gasteiger partial charge in [0.25, 0.3) is 0 Å². The molecule has 0 radical (unpaired) electrons. The Morgan fingerprint density at radius 3 is 2.40 bits per heavy atom. The lowest BCUT2D eigenvalue weighted by Crippen LogP contribution is -2.32. The number of imide groups is 1. The third-order valence-corrected chi connectivity index (χ3v) is 3.61. The Balaban J connectivity index is 3.86. The summed E-state index contributed by atoms with van der Waals surface area (Å²) in [5.41, 5.74) is 0. The molecule has 15 heavy (non-hydrogen) atoms. The smallest absolute Gasteiger partial charge is 0.416 e. The molecule has 5 heteroatoms. The fraction of sp³-hybridized carbons (Fsp3) is 0.800. The van der Waals surface area contributed by atoms with Crippen molar-refractivity contribution in [3.63, 3.8) is 0 Å². The maximum absolute atomic E-state index is 11.3. The highest BCUT2D eigenvalue weighted by Crippen LogP contribution is 2.08. The molecule has 2 amide bonds. The Kier molecular flexibility index (Phi) is 6.23. The van der Waals surface area contributed by atoms with Gasteiger partial charge in [0, 0.05) is 14.6 Å². The van der Waals surface area contributed by atoms with Crippen LogP contribution in [0.25, 0.3) is 0 Å². The summed E-state index contributed by atoms with van der Waals surface area (Å²) < 4.78 is 5.01. The summed E-state index contributed by atoms with van der Waals surface area (Å²) in [6.07, 6.45) is 0.757. The van der Waals surface area contributed by atoms with Crippen LogP contribution in [0.2, 0.25) is 25.7 Å². The van der Waals surface area contributed by atoms with Crippen molar-refractivity contribution in [2.24, 2.45) is 0 Å². The standard InChI is InChI=1S/C10H21NO3Si/c1-5-6-11(9-12)10(13)14-7-8-15(2,3)4/h9H,5-8H2,1-4H3. The minimum Gasteiger partial charge on any atom is -0.449 e. The molecule has 0 fully saturated rings. The number of amides is 2. The molecule has 0 bridgehead atoms. The van der Waals surface area contributed by atoms with Gasteiger partial charge in [0.2, 0.25) is 6.41 Å². The van der Waals surface area contributed by atoms with Gasteiger partial charge in [-0.25, -0.2) is 4.79 Å². The third-order valence-electron chi connectivity index (χ3n) is 1.90. The van der Waals surface area contributed by atoms with Crippen molar-refractivity contribution in [2.45, 2.75) is 39.0 Å². The molecule has 0 aromatic carbocycles. The number of rotatable bonds is 6. The number of hydrogen-bond donors (Lipinski definition) is 0. The summed E-state index contributed by atoms with van der Waals surface area (Å²) in [4.78, 5) is 22.9. The highest BCUT2D eigenvalue weighted by Gasteiger charge is 2.16. The average molecular weight is 231 g/mol. The number of ether oxygens (including phenoxy) is 1. The highest BCUT2D eigenvalue weighted by molar-refractivity contribution is 6.76. The zero-order valence-electron chi connectivity index (χ0n) is 10.1. The molecule has 0 rings (SSSR count). The van der Waals surface area contributed by atoms with Crippen molar-refractivity contribution < 1.29 is 14.3 Å². The predicted octanol–water partition coefficient (Wildman–Crippen LogP) is 2.33. The van der Waals surface area contributed by atoms with Crippen molar-refractivity contribution in [3.8, 4) is 0 Å². The third kappa shape index (κ3) is 7.13. The van der Waals surface area contributed by atoms with E-state index in [9.17, 15) is 9.59 Å². The first kappa shape index (κ1) is 14.2. The van der Waals surface area contributed by atoms with Crippen LogP contribution in [0.4, 0.5) is 4.79 Å². The molecule has 0 spiro atoms. The van der Waals surface area contributed by atoms with Gasteiger partial charge >= 0.3 is 6.09 Å². The second-order valence-corrected chi connectivity index (χ2v) is 10.3. The van der Waals surface area contributed by atoms with Gasteiger partial charge in [-0.1, -0.05) is 26.6 Å². The molecule has 4 nitrogen and oxygen atoms in total. The molecule has 0 aliphatic heterocycles. The summed E-state index contributed by atoms with van der Waals surface area (Å²) in [5.74, 6) is 0. The van der Waals surface area contributed by atoms with Crippen LogP contribution in [0.1, 0.15) is 13.3 Å². The Labute approximate surface area is 92.6 Å². The van der Waals surface area contributed by atoms with Crippen LogP contribution in [0.15, 0.2) is 0 Å². The molecule has 0 aromatic heterocycles. The van der Waals surface area contributed by atoms with Crippen LogP contribution in [0.3, 0.4) is 0 Å². The number of nitrogens with zero attached hydrogens (tertiary/aromatic N) is 1. The highest BCUT2D eigenvalue weighted by atomic mass is 28.3. The number of carbonyl (C=O) groups excluding carboxylic acids is 2. The second-order valence-electron chi connectivity index (χ2n) is 4.72. The van der Waals surface area contributed by atoms with Crippen molar-refractivity contribution >= 4 is 20.6 Å². The monoisotopic (exact) mass is 231 g/mol. The normalized spacial score (nSPS) is 10.9. The van der Waals surface area contributed by atoms with Gasteiger partial charge in [0.15, 0.2) is 0 Å². The van der Waals surface area contributed by atoms with Crippen LogP contribution >= 0.6 is 0 Å². The molecule has 0 aliphatic carbocycles. The Hall–Kier alpha value is -0.843. The molecule has 0 saturated heterocycles. The minimum atomic E-state index is -1.17. The van der Waals surface area contributed by atoms with E-state index >= 15 is 0 Å². The van der Waals surface area contributed by atoms with Gasteiger partial charge in [0.05, 0.1) is 6.61 Å². The van der Waals surface area contributed by atoms with Crippen LogP contribution in [0.5, 0.6) is 0 Å². The SMILES string of the molecule is CCCN(C=O)C(=O)OCC[Si](C)(C)C. The van der Waals surface area contributed by atoms with E-state index in [0.717, 1.165) is 17.4 Å². The Bertz CT molecular complexity index is 213. The minimum absolute atomic E-state index is 0.419. The summed E-state index contributed by atoms with van der Waals surface area (Å²) in [6, 6.07) is 0.928. The van der Waals surface area contributed by atoms with Gasteiger partial charge in [-0.2, -0.15) is 0 Å². The maximum atomic E-state index is 11.3. The maximum Gasteiger partial charge on any atom is 0.416 e. The van der Waals surface area contributed by atoms with Gasteiger partial charge in [0.1, 0.15) is 0 Å². The lowest BCUT2D eigenvalue weighted by molar-refractivity contribution is -0.116. The molecule has 0 saturated carbocycles. The van der Waals surface area contributed by atoms with E-state index in [-0.39, 0.29) is 0 Å². The quantitative estimate of drug-likeness (QED) is 0.520.